The number of rotatable bonds is 3. The molecule has 0 aromatic heterocycles. The van der Waals surface area contributed by atoms with Gasteiger partial charge in [0.25, 0.3) is 5.91 Å². The molecule has 1 amide bonds. The first-order valence-corrected chi connectivity index (χ1v) is 8.04. The third kappa shape index (κ3) is 3.97. The van der Waals surface area contributed by atoms with Crippen molar-refractivity contribution in [3.05, 3.63) is 68.2 Å². The number of carbonyl (C=O) groups excluding carboxylic acids is 1. The molecule has 0 aliphatic carbocycles. The Labute approximate surface area is 151 Å². The third-order valence-corrected chi connectivity index (χ3v) is 4.23. The van der Waals surface area contributed by atoms with E-state index in [9.17, 15) is 10.1 Å². The van der Waals surface area contributed by atoms with E-state index < -0.39 is 5.91 Å². The van der Waals surface area contributed by atoms with E-state index in [1.807, 2.05) is 39.0 Å². The highest BCUT2D eigenvalue weighted by Crippen LogP contribution is 2.27. The zero-order valence-electron chi connectivity index (χ0n) is 13.6. The normalized spacial score (nSPS) is 11.1. The Morgan fingerprint density at radius 2 is 1.67 bits per heavy atom. The summed E-state index contributed by atoms with van der Waals surface area (Å²) in [5.41, 5.74) is 4.08. The van der Waals surface area contributed by atoms with Gasteiger partial charge in [-0.1, -0.05) is 47.0 Å². The Morgan fingerprint density at radius 3 is 2.17 bits per heavy atom. The first-order valence-electron chi connectivity index (χ1n) is 7.28. The van der Waals surface area contributed by atoms with E-state index in [-0.39, 0.29) is 5.57 Å². The Bertz CT molecular complexity index is 836. The fraction of sp³-hybridized carbons (Fsp3) is 0.158. The molecule has 0 saturated carbocycles. The van der Waals surface area contributed by atoms with Gasteiger partial charge in [0.1, 0.15) is 11.6 Å². The van der Waals surface area contributed by atoms with Gasteiger partial charge in [-0.15, -0.1) is 0 Å². The van der Waals surface area contributed by atoms with Crippen molar-refractivity contribution in [2.24, 2.45) is 0 Å². The van der Waals surface area contributed by atoms with E-state index in [1.54, 1.807) is 18.2 Å². The summed E-state index contributed by atoms with van der Waals surface area (Å²) in [6, 6.07) is 10.9. The summed E-state index contributed by atoms with van der Waals surface area (Å²) in [7, 11) is 0. The van der Waals surface area contributed by atoms with Crippen molar-refractivity contribution in [3.8, 4) is 6.07 Å². The molecular formula is C19H16Cl2N2O. The lowest BCUT2D eigenvalue weighted by molar-refractivity contribution is -0.112. The molecule has 2 rings (SSSR count). The van der Waals surface area contributed by atoms with Crippen molar-refractivity contribution in [3.63, 3.8) is 0 Å². The van der Waals surface area contributed by atoms with Crippen LogP contribution in [-0.2, 0) is 4.79 Å². The van der Waals surface area contributed by atoms with Gasteiger partial charge in [0.15, 0.2) is 0 Å². The molecule has 3 nitrogen and oxygen atoms in total. The smallest absolute Gasteiger partial charge is 0.266 e. The Kier molecular flexibility index (Phi) is 5.66. The van der Waals surface area contributed by atoms with E-state index in [1.165, 1.54) is 6.08 Å². The van der Waals surface area contributed by atoms with Crippen LogP contribution >= 0.6 is 23.2 Å². The topological polar surface area (TPSA) is 52.9 Å². The van der Waals surface area contributed by atoms with Gasteiger partial charge in [-0.25, -0.2) is 0 Å². The van der Waals surface area contributed by atoms with Crippen LogP contribution in [0, 0.1) is 32.1 Å². The van der Waals surface area contributed by atoms with Crippen LogP contribution in [0.1, 0.15) is 22.3 Å². The molecule has 0 radical (unpaired) electrons. The average Bonchev–Trinajstić information content (AvgIpc) is 2.50. The van der Waals surface area contributed by atoms with E-state index in [0.29, 0.717) is 21.3 Å². The molecule has 0 atom stereocenters. The first-order chi connectivity index (χ1) is 11.3. The predicted molar refractivity (Wildman–Crippen MR) is 99.3 cm³/mol. The highest BCUT2D eigenvalue weighted by molar-refractivity contribution is 6.37. The predicted octanol–water partition coefficient (Wildman–Crippen LogP) is 5.46. The van der Waals surface area contributed by atoms with Gasteiger partial charge < -0.3 is 5.32 Å². The summed E-state index contributed by atoms with van der Waals surface area (Å²) < 4.78 is 0. The number of nitrogens with one attached hydrogen (secondary N) is 1. The summed E-state index contributed by atoms with van der Waals surface area (Å²) in [6.07, 6.45) is 1.40. The standard InChI is InChI=1S/C19H16Cl2N2O/c1-11-7-12(2)18(13(3)8-11)23-19(24)14(10-22)9-15-16(20)5-4-6-17(15)21/h4-9H,1-3H3,(H,23,24). The molecule has 0 unspecified atom stereocenters. The van der Waals surface area contributed by atoms with Crippen molar-refractivity contribution < 1.29 is 4.79 Å². The number of anilines is 1. The molecule has 0 fully saturated rings. The molecular weight excluding hydrogens is 343 g/mol. The number of hydrogen-bond acceptors (Lipinski definition) is 2. The molecule has 2 aromatic carbocycles. The molecule has 5 heteroatoms. The monoisotopic (exact) mass is 358 g/mol. The van der Waals surface area contributed by atoms with Gasteiger partial charge in [-0.2, -0.15) is 5.26 Å². The molecule has 24 heavy (non-hydrogen) atoms. The van der Waals surface area contributed by atoms with Gasteiger partial charge in [-0.3, -0.25) is 4.79 Å². The molecule has 0 heterocycles. The summed E-state index contributed by atoms with van der Waals surface area (Å²) in [5.74, 6) is -0.497. The van der Waals surface area contributed by atoms with Crippen molar-refractivity contribution >= 4 is 40.9 Å². The number of halogens is 2. The Balaban J connectivity index is 2.38. The van der Waals surface area contributed by atoms with Gasteiger partial charge in [-0.05, 0) is 50.1 Å². The average molecular weight is 359 g/mol. The Hall–Kier alpha value is -2.28. The number of nitriles is 1. The largest absolute Gasteiger partial charge is 0.321 e. The minimum absolute atomic E-state index is 0.0654. The second-order valence-electron chi connectivity index (χ2n) is 5.53. The van der Waals surface area contributed by atoms with Crippen LogP contribution in [0.4, 0.5) is 5.69 Å². The van der Waals surface area contributed by atoms with Crippen molar-refractivity contribution in [1.29, 1.82) is 5.26 Å². The van der Waals surface area contributed by atoms with E-state index in [4.69, 9.17) is 23.2 Å². The van der Waals surface area contributed by atoms with E-state index in [0.717, 1.165) is 16.7 Å². The molecule has 0 bridgehead atoms. The van der Waals surface area contributed by atoms with Crippen LogP contribution < -0.4 is 5.32 Å². The summed E-state index contributed by atoms with van der Waals surface area (Å²) in [6.45, 7) is 5.82. The Morgan fingerprint density at radius 1 is 1.12 bits per heavy atom. The summed E-state index contributed by atoms with van der Waals surface area (Å²) in [5, 5.41) is 12.9. The maximum absolute atomic E-state index is 12.5. The highest BCUT2D eigenvalue weighted by Gasteiger charge is 2.14. The van der Waals surface area contributed by atoms with Crippen LogP contribution in [0.15, 0.2) is 35.9 Å². The minimum atomic E-state index is -0.497. The van der Waals surface area contributed by atoms with Crippen LogP contribution in [-0.4, -0.2) is 5.91 Å². The highest BCUT2D eigenvalue weighted by atomic mass is 35.5. The number of benzene rings is 2. The SMILES string of the molecule is Cc1cc(C)c(NC(=O)C(C#N)=Cc2c(Cl)cccc2Cl)c(C)c1. The molecule has 0 aliphatic rings. The maximum atomic E-state index is 12.5. The first kappa shape index (κ1) is 18.1. The fourth-order valence-electron chi connectivity index (χ4n) is 2.50. The number of amides is 1. The van der Waals surface area contributed by atoms with Gasteiger partial charge in [0.05, 0.1) is 0 Å². The van der Waals surface area contributed by atoms with E-state index in [2.05, 4.69) is 5.32 Å². The fourth-order valence-corrected chi connectivity index (χ4v) is 3.01. The molecule has 1 N–H and O–H groups in total. The van der Waals surface area contributed by atoms with Gasteiger partial charge >= 0.3 is 0 Å². The molecule has 122 valence electrons. The molecule has 0 aliphatic heterocycles. The van der Waals surface area contributed by atoms with Gasteiger partial charge in [0.2, 0.25) is 0 Å². The zero-order chi connectivity index (χ0) is 17.9. The lowest BCUT2D eigenvalue weighted by Gasteiger charge is -2.12. The van der Waals surface area contributed by atoms with Crippen molar-refractivity contribution in [2.45, 2.75) is 20.8 Å². The number of aryl methyl sites for hydroxylation is 3. The van der Waals surface area contributed by atoms with Gasteiger partial charge in [0, 0.05) is 21.3 Å². The summed E-state index contributed by atoms with van der Waals surface area (Å²) in [4.78, 5) is 12.5. The minimum Gasteiger partial charge on any atom is -0.321 e. The lowest BCUT2D eigenvalue weighted by atomic mass is 10.0. The van der Waals surface area contributed by atoms with Crippen LogP contribution in [0.5, 0.6) is 0 Å². The van der Waals surface area contributed by atoms with Crippen LogP contribution in [0.2, 0.25) is 10.0 Å². The molecule has 0 spiro atoms. The lowest BCUT2D eigenvalue weighted by Crippen LogP contribution is -2.15. The number of nitrogens with zero attached hydrogens (tertiary/aromatic N) is 1. The second-order valence-corrected chi connectivity index (χ2v) is 6.35. The zero-order valence-corrected chi connectivity index (χ0v) is 15.1. The van der Waals surface area contributed by atoms with Crippen molar-refractivity contribution in [2.75, 3.05) is 5.32 Å². The second kappa shape index (κ2) is 7.53. The van der Waals surface area contributed by atoms with Crippen LogP contribution in [0.3, 0.4) is 0 Å². The quantitative estimate of drug-likeness (QED) is 0.584. The van der Waals surface area contributed by atoms with Crippen LogP contribution in [0.25, 0.3) is 6.08 Å². The molecule has 2 aromatic rings. The molecule has 0 saturated heterocycles. The maximum Gasteiger partial charge on any atom is 0.266 e. The van der Waals surface area contributed by atoms with E-state index >= 15 is 0 Å². The summed E-state index contributed by atoms with van der Waals surface area (Å²) >= 11 is 12.2. The number of hydrogen-bond donors (Lipinski definition) is 1. The number of carbonyl (C=O) groups is 1. The van der Waals surface area contributed by atoms with Crippen molar-refractivity contribution in [1.82, 2.24) is 0 Å². The third-order valence-electron chi connectivity index (χ3n) is 3.57.